The number of carbonyl (C=O) groups is 3. The smallest absolute Gasteiger partial charge is 0.262 e. The second-order valence-corrected chi connectivity index (χ2v) is 8.04. The molecule has 0 bridgehead atoms. The zero-order valence-corrected chi connectivity index (χ0v) is 18.0. The number of hydrogen-bond donors (Lipinski definition) is 0. The molecule has 31 heavy (non-hydrogen) atoms. The summed E-state index contributed by atoms with van der Waals surface area (Å²) < 4.78 is 0. The highest BCUT2D eigenvalue weighted by Gasteiger charge is 2.44. The highest BCUT2D eigenvalue weighted by Crippen LogP contribution is 2.30. The van der Waals surface area contributed by atoms with E-state index in [0.717, 1.165) is 10.5 Å². The van der Waals surface area contributed by atoms with Gasteiger partial charge in [0.2, 0.25) is 5.91 Å². The molecule has 0 radical (unpaired) electrons. The third kappa shape index (κ3) is 4.36. The van der Waals surface area contributed by atoms with Crippen LogP contribution < -0.4 is 0 Å². The highest BCUT2D eigenvalue weighted by atomic mass is 16.2. The molecule has 5 heteroatoms. The van der Waals surface area contributed by atoms with E-state index in [1.165, 1.54) is 0 Å². The molecule has 0 fully saturated rings. The number of hydrogen-bond acceptors (Lipinski definition) is 3. The van der Waals surface area contributed by atoms with Crippen LogP contribution in [0, 0.1) is 5.92 Å². The van der Waals surface area contributed by atoms with Crippen LogP contribution in [0.3, 0.4) is 0 Å². The highest BCUT2D eigenvalue weighted by molar-refractivity contribution is 6.22. The number of carbonyl (C=O) groups excluding carboxylic acids is 3. The van der Waals surface area contributed by atoms with Crippen molar-refractivity contribution in [3.63, 3.8) is 0 Å². The minimum Gasteiger partial charge on any atom is -0.330 e. The molecular weight excluding hydrogens is 388 g/mol. The van der Waals surface area contributed by atoms with Crippen molar-refractivity contribution in [2.75, 3.05) is 6.54 Å². The topological polar surface area (TPSA) is 57.7 Å². The standard InChI is InChI=1S/C26H28N2O3/c1-5-12-23(28-24(29)20-15-10-11-16-21(20)25(28)30)26(31)27(17-18(3)4)22(6-2)19-13-8-7-9-14-19/h5-11,13-16,18,22-23H,1-2,12,17H2,3-4H3/t22-,23?/m0/s1. The van der Waals surface area contributed by atoms with Crippen LogP contribution in [0.25, 0.3) is 0 Å². The summed E-state index contributed by atoms with van der Waals surface area (Å²) in [5.41, 5.74) is 1.58. The summed E-state index contributed by atoms with van der Waals surface area (Å²) in [5, 5.41) is 0. The second-order valence-electron chi connectivity index (χ2n) is 8.04. The lowest BCUT2D eigenvalue weighted by atomic mass is 10.0. The minimum atomic E-state index is -0.963. The van der Waals surface area contributed by atoms with Crippen molar-refractivity contribution in [3.8, 4) is 0 Å². The van der Waals surface area contributed by atoms with E-state index in [4.69, 9.17) is 0 Å². The van der Waals surface area contributed by atoms with Crippen LogP contribution in [0.2, 0.25) is 0 Å². The van der Waals surface area contributed by atoms with Gasteiger partial charge in [-0.05, 0) is 30.0 Å². The number of amides is 3. The lowest BCUT2D eigenvalue weighted by Gasteiger charge is -2.36. The van der Waals surface area contributed by atoms with Crippen LogP contribution in [-0.2, 0) is 4.79 Å². The molecule has 2 aromatic carbocycles. The van der Waals surface area contributed by atoms with Gasteiger partial charge in [-0.1, -0.05) is 68.5 Å². The number of imide groups is 1. The fourth-order valence-corrected chi connectivity index (χ4v) is 3.98. The van der Waals surface area contributed by atoms with Crippen molar-refractivity contribution in [1.29, 1.82) is 0 Å². The molecule has 2 aromatic rings. The molecule has 1 aliphatic rings. The molecule has 0 saturated carbocycles. The van der Waals surface area contributed by atoms with Gasteiger partial charge in [-0.15, -0.1) is 13.2 Å². The van der Waals surface area contributed by atoms with E-state index in [9.17, 15) is 14.4 Å². The van der Waals surface area contributed by atoms with Crippen LogP contribution in [-0.4, -0.2) is 40.1 Å². The number of nitrogens with zero attached hydrogens (tertiary/aromatic N) is 2. The quantitative estimate of drug-likeness (QED) is 0.442. The lowest BCUT2D eigenvalue weighted by molar-refractivity contribution is -0.137. The Morgan fingerprint density at radius 3 is 2.00 bits per heavy atom. The van der Waals surface area contributed by atoms with E-state index in [0.29, 0.717) is 17.7 Å². The normalized spacial score (nSPS) is 14.9. The van der Waals surface area contributed by atoms with Gasteiger partial charge >= 0.3 is 0 Å². The van der Waals surface area contributed by atoms with Gasteiger partial charge in [-0.3, -0.25) is 19.3 Å². The summed E-state index contributed by atoms with van der Waals surface area (Å²) >= 11 is 0. The van der Waals surface area contributed by atoms with Crippen molar-refractivity contribution in [3.05, 3.63) is 96.6 Å². The first kappa shape index (κ1) is 22.2. The van der Waals surface area contributed by atoms with E-state index in [1.54, 1.807) is 41.3 Å². The number of fused-ring (bicyclic) bond motifs is 1. The Balaban J connectivity index is 2.01. The molecule has 0 spiro atoms. The molecule has 0 aromatic heterocycles. The van der Waals surface area contributed by atoms with Crippen LogP contribution in [0.15, 0.2) is 79.9 Å². The van der Waals surface area contributed by atoms with Crippen LogP contribution >= 0.6 is 0 Å². The molecule has 1 heterocycles. The lowest BCUT2D eigenvalue weighted by Crippen LogP contribution is -2.52. The summed E-state index contributed by atoms with van der Waals surface area (Å²) in [5.74, 6) is -1.00. The first-order valence-electron chi connectivity index (χ1n) is 10.5. The number of rotatable bonds is 9. The van der Waals surface area contributed by atoms with E-state index >= 15 is 0 Å². The van der Waals surface area contributed by atoms with Gasteiger partial charge in [-0.2, -0.15) is 0 Å². The Morgan fingerprint density at radius 2 is 1.52 bits per heavy atom. The van der Waals surface area contributed by atoms with Crippen LogP contribution in [0.5, 0.6) is 0 Å². The average Bonchev–Trinajstić information content (AvgIpc) is 3.02. The molecule has 3 amide bonds. The monoisotopic (exact) mass is 416 g/mol. The summed E-state index contributed by atoms with van der Waals surface area (Å²) in [7, 11) is 0. The molecule has 160 valence electrons. The van der Waals surface area contributed by atoms with Gasteiger partial charge < -0.3 is 4.90 Å². The molecule has 2 atom stereocenters. The van der Waals surface area contributed by atoms with Gasteiger partial charge in [0.1, 0.15) is 6.04 Å². The summed E-state index contributed by atoms with van der Waals surface area (Å²) in [6, 6.07) is 14.9. The number of benzene rings is 2. The Morgan fingerprint density at radius 1 is 0.968 bits per heavy atom. The van der Waals surface area contributed by atoms with E-state index < -0.39 is 17.9 Å². The predicted octanol–water partition coefficient (Wildman–Crippen LogP) is 4.64. The van der Waals surface area contributed by atoms with E-state index in [-0.39, 0.29) is 24.3 Å². The molecule has 5 nitrogen and oxygen atoms in total. The summed E-state index contributed by atoms with van der Waals surface area (Å²) in [4.78, 5) is 42.8. The second kappa shape index (κ2) is 9.56. The van der Waals surface area contributed by atoms with Crippen molar-refractivity contribution >= 4 is 17.7 Å². The van der Waals surface area contributed by atoms with Crippen LogP contribution in [0.1, 0.15) is 52.6 Å². The van der Waals surface area contributed by atoms with Crippen molar-refractivity contribution < 1.29 is 14.4 Å². The molecule has 0 saturated heterocycles. The summed E-state index contributed by atoms with van der Waals surface area (Å²) in [6.07, 6.45) is 3.48. The molecule has 1 aliphatic heterocycles. The molecular formula is C26H28N2O3. The maximum Gasteiger partial charge on any atom is 0.262 e. The van der Waals surface area contributed by atoms with E-state index in [1.807, 2.05) is 44.2 Å². The predicted molar refractivity (Wildman–Crippen MR) is 121 cm³/mol. The third-order valence-electron chi connectivity index (χ3n) is 5.36. The fourth-order valence-electron chi connectivity index (χ4n) is 3.98. The fraction of sp³-hybridized carbons (Fsp3) is 0.269. The Hall–Kier alpha value is -3.47. The maximum atomic E-state index is 13.9. The van der Waals surface area contributed by atoms with Crippen LogP contribution in [0.4, 0.5) is 0 Å². The largest absolute Gasteiger partial charge is 0.330 e. The maximum absolute atomic E-state index is 13.9. The van der Waals surface area contributed by atoms with Gasteiger partial charge in [0, 0.05) is 6.54 Å². The first-order valence-corrected chi connectivity index (χ1v) is 10.5. The van der Waals surface area contributed by atoms with Gasteiger partial charge in [0.05, 0.1) is 17.2 Å². The summed E-state index contributed by atoms with van der Waals surface area (Å²) in [6.45, 7) is 12.2. The van der Waals surface area contributed by atoms with E-state index in [2.05, 4.69) is 13.2 Å². The first-order chi connectivity index (χ1) is 14.9. The van der Waals surface area contributed by atoms with Gasteiger partial charge in [0.15, 0.2) is 0 Å². The van der Waals surface area contributed by atoms with Gasteiger partial charge in [0.25, 0.3) is 11.8 Å². The molecule has 0 N–H and O–H groups in total. The van der Waals surface area contributed by atoms with Crippen molar-refractivity contribution in [1.82, 2.24) is 9.80 Å². The van der Waals surface area contributed by atoms with Gasteiger partial charge in [-0.25, -0.2) is 0 Å². The Bertz CT molecular complexity index is 962. The van der Waals surface area contributed by atoms with Crippen molar-refractivity contribution in [2.24, 2.45) is 5.92 Å². The zero-order valence-electron chi connectivity index (χ0n) is 18.0. The van der Waals surface area contributed by atoms with Crippen molar-refractivity contribution in [2.45, 2.75) is 32.4 Å². The minimum absolute atomic E-state index is 0.178. The third-order valence-corrected chi connectivity index (χ3v) is 5.36. The Kier molecular flexibility index (Phi) is 6.85. The molecule has 0 aliphatic carbocycles. The zero-order chi connectivity index (χ0) is 22.5. The average molecular weight is 417 g/mol. The SMILES string of the molecule is C=CCC(C(=O)N(CC(C)C)[C@@H](C=C)c1ccccc1)N1C(=O)c2ccccc2C1=O. The molecule has 3 rings (SSSR count). The molecule has 1 unspecified atom stereocenters. The Labute approximate surface area is 183 Å².